The number of likely N-dealkylation sites (tertiary alicyclic amines) is 1. The zero-order chi connectivity index (χ0) is 21.7. The van der Waals surface area contributed by atoms with Crippen LogP contribution in [0.5, 0.6) is 0 Å². The molecule has 1 atom stereocenters. The zero-order valence-electron chi connectivity index (χ0n) is 17.2. The minimum absolute atomic E-state index is 0. The lowest BCUT2D eigenvalue weighted by Gasteiger charge is -2.20. The van der Waals surface area contributed by atoms with E-state index in [1.54, 1.807) is 26.1 Å². The fourth-order valence-electron chi connectivity index (χ4n) is 3.18. The highest BCUT2D eigenvalue weighted by Crippen LogP contribution is 2.20. The third kappa shape index (κ3) is 8.55. The summed E-state index contributed by atoms with van der Waals surface area (Å²) in [6.07, 6.45) is -3.63. The molecule has 0 amide bonds. The Balaban J connectivity index is 0.00000450. The van der Waals surface area contributed by atoms with E-state index in [4.69, 9.17) is 0 Å². The Bertz CT molecular complexity index is 834. The molecule has 1 fully saturated rings. The maximum atomic E-state index is 12.5. The number of benzene rings is 1. The second-order valence-electron chi connectivity index (χ2n) is 7.15. The van der Waals surface area contributed by atoms with Crippen LogP contribution >= 0.6 is 24.0 Å². The molecule has 0 bridgehead atoms. The first-order chi connectivity index (χ1) is 13.5. The van der Waals surface area contributed by atoms with E-state index in [0.717, 1.165) is 5.56 Å². The maximum Gasteiger partial charge on any atom is 0.401 e. The van der Waals surface area contributed by atoms with Gasteiger partial charge in [0.15, 0.2) is 5.96 Å². The SMILES string of the molecule is CN=C(NCCNS(=O)(=O)c1cc(C)ccc1C)NC1CCN(CC(F)(F)F)C1.I. The summed E-state index contributed by atoms with van der Waals surface area (Å²) in [6.45, 7) is 3.71. The Labute approximate surface area is 193 Å². The van der Waals surface area contributed by atoms with E-state index in [1.807, 2.05) is 13.0 Å². The highest BCUT2D eigenvalue weighted by Gasteiger charge is 2.34. The number of nitrogens with one attached hydrogen (secondary N) is 3. The fourth-order valence-corrected chi connectivity index (χ4v) is 4.54. The van der Waals surface area contributed by atoms with Gasteiger partial charge in [0.25, 0.3) is 0 Å². The molecule has 30 heavy (non-hydrogen) atoms. The van der Waals surface area contributed by atoms with Crippen molar-refractivity contribution in [2.75, 3.05) is 39.8 Å². The molecule has 0 radical (unpaired) electrons. The zero-order valence-corrected chi connectivity index (χ0v) is 20.4. The normalized spacial score (nSPS) is 18.2. The molecular weight excluding hydrogens is 534 g/mol. The van der Waals surface area contributed by atoms with Gasteiger partial charge in [-0.3, -0.25) is 9.89 Å². The summed E-state index contributed by atoms with van der Waals surface area (Å²) in [6, 6.07) is 5.09. The predicted molar refractivity (Wildman–Crippen MR) is 122 cm³/mol. The average molecular weight is 563 g/mol. The van der Waals surface area contributed by atoms with Gasteiger partial charge in [-0.25, -0.2) is 13.1 Å². The second-order valence-corrected chi connectivity index (χ2v) is 8.88. The minimum Gasteiger partial charge on any atom is -0.355 e. The van der Waals surface area contributed by atoms with E-state index in [2.05, 4.69) is 20.3 Å². The predicted octanol–water partition coefficient (Wildman–Crippen LogP) is 2.00. The van der Waals surface area contributed by atoms with Crippen LogP contribution in [-0.2, 0) is 10.0 Å². The van der Waals surface area contributed by atoms with Crippen molar-refractivity contribution in [3.05, 3.63) is 29.3 Å². The van der Waals surface area contributed by atoms with E-state index >= 15 is 0 Å². The molecule has 1 aliphatic rings. The molecule has 1 aromatic carbocycles. The van der Waals surface area contributed by atoms with E-state index in [1.165, 1.54) is 4.90 Å². The van der Waals surface area contributed by atoms with Gasteiger partial charge in [-0.2, -0.15) is 13.2 Å². The van der Waals surface area contributed by atoms with Gasteiger partial charge < -0.3 is 10.6 Å². The minimum atomic E-state index is -4.21. The molecule has 1 heterocycles. The van der Waals surface area contributed by atoms with Crippen LogP contribution in [0.25, 0.3) is 0 Å². The van der Waals surface area contributed by atoms with Crippen molar-refractivity contribution >= 4 is 40.0 Å². The molecule has 3 N–H and O–H groups in total. The second kappa shape index (κ2) is 11.5. The van der Waals surface area contributed by atoms with E-state index in [0.29, 0.717) is 24.5 Å². The molecule has 12 heteroatoms. The van der Waals surface area contributed by atoms with Crippen LogP contribution in [0, 0.1) is 13.8 Å². The largest absolute Gasteiger partial charge is 0.401 e. The van der Waals surface area contributed by atoms with Crippen molar-refractivity contribution in [2.24, 2.45) is 4.99 Å². The summed E-state index contributed by atoms with van der Waals surface area (Å²) in [7, 11) is -2.08. The van der Waals surface area contributed by atoms with Gasteiger partial charge in [-0.1, -0.05) is 12.1 Å². The van der Waals surface area contributed by atoms with Gasteiger partial charge in [0.1, 0.15) is 0 Å². The van der Waals surface area contributed by atoms with Gasteiger partial charge in [-0.15, -0.1) is 24.0 Å². The quantitative estimate of drug-likeness (QED) is 0.205. The van der Waals surface area contributed by atoms with Crippen LogP contribution in [0.4, 0.5) is 13.2 Å². The van der Waals surface area contributed by atoms with Gasteiger partial charge in [0.2, 0.25) is 10.0 Å². The van der Waals surface area contributed by atoms with Crippen LogP contribution in [0.1, 0.15) is 17.5 Å². The van der Waals surface area contributed by atoms with Crippen molar-refractivity contribution in [1.82, 2.24) is 20.3 Å². The molecule has 1 aromatic rings. The van der Waals surface area contributed by atoms with Crippen LogP contribution in [0.2, 0.25) is 0 Å². The average Bonchev–Trinajstić information content (AvgIpc) is 3.04. The van der Waals surface area contributed by atoms with Gasteiger partial charge in [-0.05, 0) is 37.5 Å². The summed E-state index contributed by atoms with van der Waals surface area (Å²) in [4.78, 5) is 5.64. The molecule has 0 saturated carbocycles. The van der Waals surface area contributed by atoms with Crippen LogP contribution in [0.15, 0.2) is 28.1 Å². The molecule has 7 nitrogen and oxygen atoms in total. The Morgan fingerprint density at radius 2 is 1.97 bits per heavy atom. The molecule has 2 rings (SSSR count). The lowest BCUT2D eigenvalue weighted by atomic mass is 10.2. The number of guanidine groups is 1. The molecular formula is C18H29F3IN5O2S. The number of halogens is 4. The molecule has 0 spiro atoms. The molecule has 1 aliphatic heterocycles. The molecule has 0 aromatic heterocycles. The summed E-state index contributed by atoms with van der Waals surface area (Å²) in [5.74, 6) is 0.426. The lowest BCUT2D eigenvalue weighted by Crippen LogP contribution is -2.47. The Hall–Kier alpha value is -1.12. The third-order valence-corrected chi connectivity index (χ3v) is 6.19. The molecule has 1 saturated heterocycles. The number of sulfonamides is 1. The van der Waals surface area contributed by atoms with Crippen LogP contribution < -0.4 is 15.4 Å². The number of hydrogen-bond donors (Lipinski definition) is 3. The van der Waals surface area contributed by atoms with E-state index in [9.17, 15) is 21.6 Å². The van der Waals surface area contributed by atoms with Crippen molar-refractivity contribution in [3.63, 3.8) is 0 Å². The Morgan fingerprint density at radius 1 is 1.27 bits per heavy atom. The standard InChI is InChI=1S/C18H28F3N5O2S.HI/c1-13-4-5-14(2)16(10-13)29(27,28)24-8-7-23-17(22-3)25-15-6-9-26(11-15)12-18(19,20)21;/h4-5,10,15,24H,6-9,11-12H2,1-3H3,(H2,22,23,25);1H. The summed E-state index contributed by atoms with van der Waals surface area (Å²) in [5.41, 5.74) is 1.52. The first-order valence-electron chi connectivity index (χ1n) is 9.33. The van der Waals surface area contributed by atoms with E-state index in [-0.39, 0.29) is 54.5 Å². The Morgan fingerprint density at radius 3 is 2.60 bits per heavy atom. The fraction of sp³-hybridized carbons (Fsp3) is 0.611. The first kappa shape index (κ1) is 26.9. The third-order valence-electron chi connectivity index (χ3n) is 4.58. The topological polar surface area (TPSA) is 85.8 Å². The monoisotopic (exact) mass is 563 g/mol. The van der Waals surface area contributed by atoms with Gasteiger partial charge in [0.05, 0.1) is 11.4 Å². The van der Waals surface area contributed by atoms with E-state index < -0.39 is 22.7 Å². The number of alkyl halides is 3. The number of rotatable bonds is 7. The Kier molecular flexibility index (Phi) is 10.3. The molecule has 0 aliphatic carbocycles. The number of aryl methyl sites for hydroxylation is 2. The van der Waals surface area contributed by atoms with Crippen molar-refractivity contribution in [1.29, 1.82) is 0 Å². The van der Waals surface area contributed by atoms with Gasteiger partial charge in [0, 0.05) is 39.3 Å². The highest BCUT2D eigenvalue weighted by atomic mass is 127. The summed E-state index contributed by atoms with van der Waals surface area (Å²) >= 11 is 0. The molecule has 172 valence electrons. The smallest absolute Gasteiger partial charge is 0.355 e. The summed E-state index contributed by atoms with van der Waals surface area (Å²) < 4.78 is 64.9. The van der Waals surface area contributed by atoms with Crippen molar-refractivity contribution in [2.45, 2.75) is 37.4 Å². The maximum absolute atomic E-state index is 12.5. The highest BCUT2D eigenvalue weighted by molar-refractivity contribution is 14.0. The van der Waals surface area contributed by atoms with Crippen LogP contribution in [-0.4, -0.2) is 71.3 Å². The number of hydrogen-bond acceptors (Lipinski definition) is 4. The lowest BCUT2D eigenvalue weighted by molar-refractivity contribution is -0.143. The van der Waals surface area contributed by atoms with Crippen LogP contribution in [0.3, 0.4) is 0 Å². The summed E-state index contributed by atoms with van der Waals surface area (Å²) in [5, 5.41) is 6.06. The van der Waals surface area contributed by atoms with Crippen molar-refractivity contribution < 1.29 is 21.6 Å². The molecule has 1 unspecified atom stereocenters. The number of nitrogens with zero attached hydrogens (tertiary/aromatic N) is 2. The number of aliphatic imine (C=N–C) groups is 1. The first-order valence-corrected chi connectivity index (χ1v) is 10.8. The van der Waals surface area contributed by atoms with Crippen molar-refractivity contribution in [3.8, 4) is 0 Å². The van der Waals surface area contributed by atoms with Gasteiger partial charge >= 0.3 is 6.18 Å².